The molecule has 0 bridgehead atoms. The first-order valence-corrected chi connectivity index (χ1v) is 8.41. The van der Waals surface area contributed by atoms with Crippen LogP contribution in [0.2, 0.25) is 0 Å². The van der Waals surface area contributed by atoms with Crippen molar-refractivity contribution in [3.63, 3.8) is 0 Å². The first-order valence-electron chi connectivity index (χ1n) is 7.97. The maximum absolute atomic E-state index is 6.18. The minimum Gasteiger partial charge on any atom is -0.325 e. The Kier molecular flexibility index (Phi) is 6.72. The van der Waals surface area contributed by atoms with Crippen LogP contribution in [-0.2, 0) is 0 Å². The largest absolute Gasteiger partial charge is 0.325 e. The lowest BCUT2D eigenvalue weighted by molar-refractivity contribution is 0.925. The average molecular weight is 352 g/mol. The minimum absolute atomic E-state index is 0.634. The Morgan fingerprint density at radius 3 is 2.56 bits per heavy atom. The van der Waals surface area contributed by atoms with E-state index in [0.29, 0.717) is 5.84 Å². The number of amidine groups is 2. The number of hydrogen-bond donors (Lipinski definition) is 1. The molecule has 0 saturated heterocycles. The third-order valence-electron chi connectivity index (χ3n) is 3.65. The highest BCUT2D eigenvalue weighted by Crippen LogP contribution is 2.14. The zero-order valence-corrected chi connectivity index (χ0v) is 15.3. The van der Waals surface area contributed by atoms with Gasteiger partial charge in [-0.1, -0.05) is 85.5 Å². The van der Waals surface area contributed by atoms with Crippen LogP contribution in [0, 0.1) is 0 Å². The number of allylic oxidation sites excluding steroid dienone is 7. The summed E-state index contributed by atoms with van der Waals surface area (Å²) in [5, 5.41) is 3.26. The van der Waals surface area contributed by atoms with Crippen molar-refractivity contribution in [1.29, 1.82) is 0 Å². The number of rotatable bonds is 6. The molecule has 3 nitrogen and oxygen atoms in total. The molecule has 0 fully saturated rings. The summed E-state index contributed by atoms with van der Waals surface area (Å²) in [6, 6.07) is 9.86. The molecule has 0 amide bonds. The molecule has 2 rings (SSSR count). The number of alkyl halides is 1. The molecule has 0 radical (unpaired) electrons. The summed E-state index contributed by atoms with van der Waals surface area (Å²) < 4.78 is 0. The predicted octanol–water partition coefficient (Wildman–Crippen LogP) is 5.15. The van der Waals surface area contributed by atoms with Crippen LogP contribution in [0.4, 0.5) is 0 Å². The van der Waals surface area contributed by atoms with Crippen LogP contribution in [0.1, 0.15) is 19.4 Å². The van der Waals surface area contributed by atoms with E-state index in [1.54, 1.807) is 6.08 Å². The van der Waals surface area contributed by atoms with Gasteiger partial charge < -0.3 is 5.32 Å². The number of benzene rings is 1. The molecule has 4 heteroatoms. The Bertz CT molecular complexity index is 796. The van der Waals surface area contributed by atoms with E-state index in [0.717, 1.165) is 28.1 Å². The van der Waals surface area contributed by atoms with Gasteiger partial charge in [-0.2, -0.15) is 0 Å². The summed E-state index contributed by atoms with van der Waals surface area (Å²) in [6.45, 7) is 11.7. The van der Waals surface area contributed by atoms with Gasteiger partial charge in [-0.05, 0) is 30.6 Å². The van der Waals surface area contributed by atoms with Crippen molar-refractivity contribution < 1.29 is 0 Å². The number of nitrogens with zero attached hydrogens (tertiary/aromatic N) is 2. The van der Waals surface area contributed by atoms with Crippen LogP contribution in [0.3, 0.4) is 0 Å². The minimum atomic E-state index is -0.634. The second kappa shape index (κ2) is 9.00. The molecule has 0 spiro atoms. The van der Waals surface area contributed by atoms with Crippen LogP contribution in [-0.4, -0.2) is 17.3 Å². The van der Waals surface area contributed by atoms with Gasteiger partial charge in [-0.15, -0.1) is 0 Å². The van der Waals surface area contributed by atoms with Crippen molar-refractivity contribution in [2.75, 3.05) is 0 Å². The lowest BCUT2D eigenvalue weighted by atomic mass is 10.1. The van der Waals surface area contributed by atoms with Crippen LogP contribution in [0.25, 0.3) is 0 Å². The smallest absolute Gasteiger partial charge is 0.219 e. The lowest BCUT2D eigenvalue weighted by Crippen LogP contribution is -2.36. The fraction of sp³-hybridized carbons (Fsp3) is 0.143. The highest BCUT2D eigenvalue weighted by atomic mass is 35.5. The van der Waals surface area contributed by atoms with Gasteiger partial charge in [0.2, 0.25) is 5.62 Å². The third-order valence-corrected chi connectivity index (χ3v) is 3.85. The molecule has 1 aliphatic heterocycles. The summed E-state index contributed by atoms with van der Waals surface area (Å²) >= 11 is 6.18. The second-order valence-corrected chi connectivity index (χ2v) is 5.97. The van der Waals surface area contributed by atoms with E-state index in [4.69, 9.17) is 11.6 Å². The van der Waals surface area contributed by atoms with Gasteiger partial charge in [0, 0.05) is 5.56 Å². The van der Waals surface area contributed by atoms with E-state index >= 15 is 0 Å². The molecule has 128 valence electrons. The van der Waals surface area contributed by atoms with Gasteiger partial charge in [0.15, 0.2) is 0 Å². The average Bonchev–Trinajstić information content (AvgIpc) is 2.64. The molecule has 0 aliphatic carbocycles. The fourth-order valence-corrected chi connectivity index (χ4v) is 2.31. The van der Waals surface area contributed by atoms with Crippen molar-refractivity contribution in [2.24, 2.45) is 9.98 Å². The molecule has 1 atom stereocenters. The Morgan fingerprint density at radius 2 is 1.88 bits per heavy atom. The number of hydrogen-bond acceptors (Lipinski definition) is 3. The second-order valence-electron chi connectivity index (χ2n) is 5.58. The van der Waals surface area contributed by atoms with Gasteiger partial charge in [0.25, 0.3) is 0 Å². The Labute approximate surface area is 154 Å². The number of halogens is 1. The van der Waals surface area contributed by atoms with Crippen molar-refractivity contribution in [3.05, 3.63) is 96.2 Å². The van der Waals surface area contributed by atoms with Crippen LogP contribution < -0.4 is 5.32 Å². The molecule has 0 aromatic heterocycles. The van der Waals surface area contributed by atoms with Crippen LogP contribution >= 0.6 is 11.6 Å². The van der Waals surface area contributed by atoms with Crippen molar-refractivity contribution in [2.45, 2.75) is 19.5 Å². The van der Waals surface area contributed by atoms with E-state index < -0.39 is 5.62 Å². The summed E-state index contributed by atoms with van der Waals surface area (Å²) in [5.41, 5.74) is 3.31. The highest BCUT2D eigenvalue weighted by Gasteiger charge is 2.16. The normalized spacial score (nSPS) is 18.4. The fourth-order valence-electron chi connectivity index (χ4n) is 2.11. The Morgan fingerprint density at radius 1 is 1.16 bits per heavy atom. The molecule has 1 aliphatic rings. The summed E-state index contributed by atoms with van der Waals surface area (Å²) in [5.74, 6) is 1.43. The molecule has 0 saturated carbocycles. The molecule has 1 N–H and O–H groups in total. The van der Waals surface area contributed by atoms with Gasteiger partial charge >= 0.3 is 0 Å². The van der Waals surface area contributed by atoms with E-state index in [1.165, 1.54) is 0 Å². The van der Waals surface area contributed by atoms with Crippen LogP contribution in [0.5, 0.6) is 0 Å². The Balaban J connectivity index is 2.16. The van der Waals surface area contributed by atoms with E-state index in [2.05, 4.69) is 28.5 Å². The van der Waals surface area contributed by atoms with Crippen LogP contribution in [0.15, 0.2) is 101 Å². The van der Waals surface area contributed by atoms with E-state index in [9.17, 15) is 0 Å². The lowest BCUT2D eigenvalue weighted by Gasteiger charge is -2.19. The zero-order valence-electron chi connectivity index (χ0n) is 14.5. The van der Waals surface area contributed by atoms with Gasteiger partial charge in [0.05, 0.1) is 0 Å². The zero-order chi connectivity index (χ0) is 18.2. The molecule has 1 aromatic rings. The van der Waals surface area contributed by atoms with E-state index in [-0.39, 0.29) is 0 Å². The highest BCUT2D eigenvalue weighted by molar-refractivity contribution is 6.25. The first kappa shape index (κ1) is 18.7. The summed E-state index contributed by atoms with van der Waals surface area (Å²) in [7, 11) is 0. The van der Waals surface area contributed by atoms with Gasteiger partial charge in [-0.3, -0.25) is 0 Å². The molecule has 25 heavy (non-hydrogen) atoms. The van der Waals surface area contributed by atoms with E-state index in [1.807, 2.05) is 68.5 Å². The van der Waals surface area contributed by atoms with Crippen molar-refractivity contribution in [3.8, 4) is 0 Å². The topological polar surface area (TPSA) is 36.8 Å². The number of aliphatic imine (C=N–C) groups is 2. The standard InChI is InChI=1S/C21H22ClN3/c1-5-6-10-15(2)16(3)13-14-17(4)19-23-20(25-21(22)24-19)18-11-8-7-9-12-18/h5-14,21H,1-2H2,3-4H3,(H,23,24,25)/b10-6-,16-13+,17-14+. The third kappa shape index (κ3) is 5.44. The van der Waals surface area contributed by atoms with Crippen molar-refractivity contribution >= 4 is 23.3 Å². The molecule has 1 heterocycles. The molecule has 1 aromatic carbocycles. The first-order chi connectivity index (χ1) is 12.0. The monoisotopic (exact) mass is 351 g/mol. The van der Waals surface area contributed by atoms with Gasteiger partial charge in [0.1, 0.15) is 11.7 Å². The SMILES string of the molecule is C=C/C=C\C(=C)/C(C)=C/C=C(\C)C1=NC(Cl)N=C(c2ccccc2)N1. The van der Waals surface area contributed by atoms with Gasteiger partial charge in [-0.25, -0.2) is 9.98 Å². The summed E-state index contributed by atoms with van der Waals surface area (Å²) in [4.78, 5) is 8.72. The Hall–Kier alpha value is -2.65. The predicted molar refractivity (Wildman–Crippen MR) is 109 cm³/mol. The number of nitrogens with one attached hydrogen (secondary N) is 1. The molecular formula is C21H22ClN3. The summed E-state index contributed by atoms with van der Waals surface area (Å²) in [6.07, 6.45) is 9.51. The maximum Gasteiger partial charge on any atom is 0.219 e. The molecular weight excluding hydrogens is 330 g/mol. The molecule has 1 unspecified atom stereocenters. The van der Waals surface area contributed by atoms with Crippen molar-refractivity contribution in [1.82, 2.24) is 5.32 Å². The maximum atomic E-state index is 6.18. The quantitative estimate of drug-likeness (QED) is 0.429.